The Kier molecular flexibility index (Phi) is 4.37. The van der Waals surface area contributed by atoms with Gasteiger partial charge >= 0.3 is 6.09 Å². The largest absolute Gasteiger partial charge is 0.464 e. The molecule has 0 aromatic heterocycles. The maximum absolute atomic E-state index is 10.5. The minimum atomic E-state index is -1.05. The van der Waals surface area contributed by atoms with Crippen molar-refractivity contribution in [3.8, 4) is 0 Å². The zero-order chi connectivity index (χ0) is 15.4. The van der Waals surface area contributed by atoms with Crippen LogP contribution in [0.3, 0.4) is 0 Å². The predicted octanol–water partition coefficient (Wildman–Crippen LogP) is 2.23. The van der Waals surface area contributed by atoms with Crippen molar-refractivity contribution in [2.45, 2.75) is 12.1 Å². The Hall–Kier alpha value is -2.37. The Morgan fingerprint density at radius 1 is 1.00 bits per heavy atom. The van der Waals surface area contributed by atoms with Crippen LogP contribution in [-0.4, -0.2) is 35.2 Å². The van der Waals surface area contributed by atoms with E-state index in [1.54, 1.807) is 0 Å². The molecular formula is C17H19N3O2. The molecule has 1 fully saturated rings. The first-order valence-corrected chi connectivity index (χ1v) is 7.32. The van der Waals surface area contributed by atoms with Gasteiger partial charge in [0.25, 0.3) is 0 Å². The van der Waals surface area contributed by atoms with E-state index in [1.165, 1.54) is 11.1 Å². The summed E-state index contributed by atoms with van der Waals surface area (Å²) in [6.07, 6.45) is -1.05. The van der Waals surface area contributed by atoms with Gasteiger partial charge in [0.1, 0.15) is 0 Å². The lowest BCUT2D eigenvalue weighted by Crippen LogP contribution is -2.62. The summed E-state index contributed by atoms with van der Waals surface area (Å²) < 4.78 is 0. The molecule has 0 radical (unpaired) electrons. The van der Waals surface area contributed by atoms with Gasteiger partial charge in [-0.2, -0.15) is 0 Å². The number of carbonyl (C=O) groups is 1. The molecule has 22 heavy (non-hydrogen) atoms. The standard InChI is InChI=1S/C17H19N3O2/c21-17(22)19-18-15-11-20(12-15)16(13-7-3-1-4-8-13)14-9-5-2-6-10-14/h1-10,15-16,18-19H,11-12H2,(H,21,22). The van der Waals surface area contributed by atoms with E-state index in [2.05, 4.69) is 40.0 Å². The van der Waals surface area contributed by atoms with E-state index in [4.69, 9.17) is 5.11 Å². The molecule has 1 aliphatic rings. The van der Waals surface area contributed by atoms with Gasteiger partial charge in [0.05, 0.1) is 12.1 Å². The first-order valence-electron chi connectivity index (χ1n) is 7.32. The van der Waals surface area contributed by atoms with Crippen molar-refractivity contribution >= 4 is 6.09 Å². The van der Waals surface area contributed by atoms with Crippen LogP contribution in [0.15, 0.2) is 60.7 Å². The van der Waals surface area contributed by atoms with Gasteiger partial charge < -0.3 is 5.11 Å². The lowest BCUT2D eigenvalue weighted by Gasteiger charge is -2.44. The number of carboxylic acid groups (broad SMARTS) is 1. The molecule has 114 valence electrons. The van der Waals surface area contributed by atoms with Crippen LogP contribution in [0.25, 0.3) is 0 Å². The highest BCUT2D eigenvalue weighted by molar-refractivity contribution is 5.63. The number of likely N-dealkylation sites (tertiary alicyclic amines) is 1. The van der Waals surface area contributed by atoms with Crippen LogP contribution in [0, 0.1) is 0 Å². The smallest absolute Gasteiger partial charge is 0.419 e. The molecule has 2 aromatic carbocycles. The van der Waals surface area contributed by atoms with Crippen molar-refractivity contribution in [2.24, 2.45) is 0 Å². The van der Waals surface area contributed by atoms with E-state index >= 15 is 0 Å². The number of hydrogen-bond acceptors (Lipinski definition) is 3. The zero-order valence-corrected chi connectivity index (χ0v) is 12.1. The Bertz CT molecular complexity index is 573. The van der Waals surface area contributed by atoms with E-state index in [-0.39, 0.29) is 12.1 Å². The van der Waals surface area contributed by atoms with Crippen molar-refractivity contribution < 1.29 is 9.90 Å². The molecule has 0 atom stereocenters. The van der Waals surface area contributed by atoms with Crippen LogP contribution in [0.2, 0.25) is 0 Å². The molecule has 2 aromatic rings. The van der Waals surface area contributed by atoms with Crippen molar-refractivity contribution in [2.75, 3.05) is 13.1 Å². The molecular weight excluding hydrogens is 278 g/mol. The lowest BCUT2D eigenvalue weighted by atomic mass is 9.93. The molecule has 1 aliphatic heterocycles. The van der Waals surface area contributed by atoms with E-state index in [0.717, 1.165) is 13.1 Å². The second-order valence-corrected chi connectivity index (χ2v) is 5.45. The van der Waals surface area contributed by atoms with Crippen LogP contribution in [0.1, 0.15) is 17.2 Å². The molecule has 5 heteroatoms. The maximum Gasteiger partial charge on any atom is 0.419 e. The van der Waals surface area contributed by atoms with E-state index in [1.807, 2.05) is 36.4 Å². The van der Waals surface area contributed by atoms with E-state index in [0.29, 0.717) is 0 Å². The molecule has 1 saturated heterocycles. The molecule has 3 rings (SSSR count). The molecule has 0 unspecified atom stereocenters. The van der Waals surface area contributed by atoms with Gasteiger partial charge in [0, 0.05) is 13.1 Å². The molecule has 5 nitrogen and oxygen atoms in total. The molecule has 0 saturated carbocycles. The average Bonchev–Trinajstić information content (AvgIpc) is 2.51. The Morgan fingerprint density at radius 2 is 1.50 bits per heavy atom. The summed E-state index contributed by atoms with van der Waals surface area (Å²) in [5, 5.41) is 8.63. The fourth-order valence-corrected chi connectivity index (χ4v) is 2.86. The number of nitrogens with one attached hydrogen (secondary N) is 2. The summed E-state index contributed by atoms with van der Waals surface area (Å²) in [6, 6.07) is 21.1. The summed E-state index contributed by atoms with van der Waals surface area (Å²) in [4.78, 5) is 12.9. The topological polar surface area (TPSA) is 64.6 Å². The van der Waals surface area contributed by atoms with Gasteiger partial charge in [-0.05, 0) is 11.1 Å². The van der Waals surface area contributed by atoms with Crippen LogP contribution in [0.5, 0.6) is 0 Å². The summed E-state index contributed by atoms with van der Waals surface area (Å²) in [5.41, 5.74) is 7.54. The van der Waals surface area contributed by atoms with Gasteiger partial charge in [-0.25, -0.2) is 10.2 Å². The molecule has 1 amide bonds. The molecule has 0 spiro atoms. The number of amides is 1. The number of hydrogen-bond donors (Lipinski definition) is 3. The maximum atomic E-state index is 10.5. The second-order valence-electron chi connectivity index (χ2n) is 5.45. The van der Waals surface area contributed by atoms with Crippen LogP contribution >= 0.6 is 0 Å². The van der Waals surface area contributed by atoms with Crippen LogP contribution in [-0.2, 0) is 0 Å². The number of nitrogens with zero attached hydrogens (tertiary/aromatic N) is 1. The number of hydrazine groups is 1. The SMILES string of the molecule is O=C(O)NNC1CN(C(c2ccccc2)c2ccccc2)C1. The van der Waals surface area contributed by atoms with E-state index in [9.17, 15) is 4.79 Å². The summed E-state index contributed by atoms with van der Waals surface area (Å²) in [6.45, 7) is 1.60. The third-order valence-corrected chi connectivity index (χ3v) is 3.89. The van der Waals surface area contributed by atoms with Crippen LogP contribution in [0.4, 0.5) is 4.79 Å². The van der Waals surface area contributed by atoms with Gasteiger partial charge in [-0.15, -0.1) is 0 Å². The first kappa shape index (κ1) is 14.6. The molecule has 0 aliphatic carbocycles. The monoisotopic (exact) mass is 297 g/mol. The minimum Gasteiger partial charge on any atom is -0.464 e. The van der Waals surface area contributed by atoms with Gasteiger partial charge in [-0.3, -0.25) is 10.3 Å². The highest BCUT2D eigenvalue weighted by Gasteiger charge is 2.33. The summed E-state index contributed by atoms with van der Waals surface area (Å²) in [7, 11) is 0. The molecule has 1 heterocycles. The Balaban J connectivity index is 1.73. The van der Waals surface area contributed by atoms with Crippen molar-refractivity contribution in [3.63, 3.8) is 0 Å². The first-order chi connectivity index (χ1) is 10.7. The van der Waals surface area contributed by atoms with Gasteiger partial charge in [0.15, 0.2) is 0 Å². The molecule has 0 bridgehead atoms. The number of benzene rings is 2. The van der Waals surface area contributed by atoms with Gasteiger partial charge in [-0.1, -0.05) is 60.7 Å². The predicted molar refractivity (Wildman–Crippen MR) is 84.4 cm³/mol. The summed E-state index contributed by atoms with van der Waals surface area (Å²) in [5.74, 6) is 0. The van der Waals surface area contributed by atoms with Gasteiger partial charge in [0.2, 0.25) is 0 Å². The minimum absolute atomic E-state index is 0.144. The second kappa shape index (κ2) is 6.60. The van der Waals surface area contributed by atoms with Crippen LogP contribution < -0.4 is 10.9 Å². The fraction of sp³-hybridized carbons (Fsp3) is 0.235. The molecule has 3 N–H and O–H groups in total. The summed E-state index contributed by atoms with van der Waals surface area (Å²) >= 11 is 0. The Morgan fingerprint density at radius 3 is 1.95 bits per heavy atom. The quantitative estimate of drug-likeness (QED) is 0.741. The lowest BCUT2D eigenvalue weighted by molar-refractivity contribution is 0.0833. The zero-order valence-electron chi connectivity index (χ0n) is 12.1. The third-order valence-electron chi connectivity index (χ3n) is 3.89. The van der Waals surface area contributed by atoms with E-state index < -0.39 is 6.09 Å². The van der Waals surface area contributed by atoms with Crippen molar-refractivity contribution in [1.29, 1.82) is 0 Å². The highest BCUT2D eigenvalue weighted by atomic mass is 16.4. The fourth-order valence-electron chi connectivity index (χ4n) is 2.86. The van der Waals surface area contributed by atoms with Crippen molar-refractivity contribution in [3.05, 3.63) is 71.8 Å². The number of rotatable bonds is 5. The normalized spacial score (nSPS) is 15.5. The third kappa shape index (κ3) is 3.27. The average molecular weight is 297 g/mol. The highest BCUT2D eigenvalue weighted by Crippen LogP contribution is 2.31. The Labute approximate surface area is 129 Å². The van der Waals surface area contributed by atoms with Crippen molar-refractivity contribution in [1.82, 2.24) is 15.8 Å².